The number of pyridine rings is 2. The number of amides is 1. The highest BCUT2D eigenvalue weighted by atomic mass is 19.3. The van der Waals surface area contributed by atoms with Crippen LogP contribution in [-0.2, 0) is 15.5 Å². The number of carbonyl (C=O) groups is 1. The number of anilines is 3. The molecule has 9 nitrogen and oxygen atoms in total. The molecule has 3 heterocycles. The summed E-state index contributed by atoms with van der Waals surface area (Å²) in [6.45, 7) is 4.52. The lowest BCUT2D eigenvalue weighted by Crippen LogP contribution is -2.14. The summed E-state index contributed by atoms with van der Waals surface area (Å²) in [4.78, 5) is 27.9. The van der Waals surface area contributed by atoms with Gasteiger partial charge >= 0.3 is 5.92 Å². The molecule has 0 radical (unpaired) electrons. The lowest BCUT2D eigenvalue weighted by Gasteiger charge is -2.15. The SMILES string of the molecule is COCCOc1ccc(-c2cnc(NC(C)=O)cc2Nc2cc(C)nc(C(C)(F)F)n2)nc1. The Kier molecular flexibility index (Phi) is 7.44. The Bertz CT molecular complexity index is 1120. The first-order valence-electron chi connectivity index (χ1n) is 10.0. The molecule has 3 aromatic heterocycles. The Morgan fingerprint density at radius 2 is 1.88 bits per heavy atom. The van der Waals surface area contributed by atoms with Crippen LogP contribution in [0.4, 0.5) is 26.1 Å². The second-order valence-corrected chi connectivity index (χ2v) is 7.25. The molecule has 2 N–H and O–H groups in total. The van der Waals surface area contributed by atoms with Crippen LogP contribution in [0.15, 0.2) is 36.7 Å². The largest absolute Gasteiger partial charge is 0.490 e. The van der Waals surface area contributed by atoms with E-state index < -0.39 is 11.7 Å². The summed E-state index contributed by atoms with van der Waals surface area (Å²) in [5, 5.41) is 5.63. The van der Waals surface area contributed by atoms with Crippen molar-refractivity contribution in [3.63, 3.8) is 0 Å². The van der Waals surface area contributed by atoms with Crippen molar-refractivity contribution >= 4 is 23.2 Å². The molecule has 0 bridgehead atoms. The molecule has 0 aromatic carbocycles. The van der Waals surface area contributed by atoms with Crippen molar-refractivity contribution in [2.45, 2.75) is 26.7 Å². The predicted molar refractivity (Wildman–Crippen MR) is 119 cm³/mol. The van der Waals surface area contributed by atoms with Gasteiger partial charge in [-0.2, -0.15) is 8.78 Å². The molecule has 0 fully saturated rings. The van der Waals surface area contributed by atoms with E-state index in [4.69, 9.17) is 9.47 Å². The molecule has 0 aliphatic heterocycles. The number of nitrogens with one attached hydrogen (secondary N) is 2. The molecule has 0 aliphatic carbocycles. The average molecular weight is 458 g/mol. The maximum absolute atomic E-state index is 13.8. The number of hydrogen-bond acceptors (Lipinski definition) is 8. The fourth-order valence-corrected chi connectivity index (χ4v) is 2.85. The summed E-state index contributed by atoms with van der Waals surface area (Å²) in [6, 6.07) is 6.59. The monoisotopic (exact) mass is 458 g/mol. The van der Waals surface area contributed by atoms with Crippen molar-refractivity contribution in [1.82, 2.24) is 19.9 Å². The molecule has 0 aliphatic rings. The van der Waals surface area contributed by atoms with Crippen LogP contribution in [0, 0.1) is 6.92 Å². The maximum Gasteiger partial charge on any atom is 0.303 e. The van der Waals surface area contributed by atoms with Gasteiger partial charge in [0.15, 0.2) is 0 Å². The Morgan fingerprint density at radius 3 is 2.52 bits per heavy atom. The number of ether oxygens (including phenoxy) is 2. The van der Waals surface area contributed by atoms with Gasteiger partial charge in [0, 0.05) is 50.5 Å². The first kappa shape index (κ1) is 23.9. The van der Waals surface area contributed by atoms with E-state index in [1.54, 1.807) is 38.4 Å². The molecular weight excluding hydrogens is 434 g/mol. The van der Waals surface area contributed by atoms with Crippen molar-refractivity contribution < 1.29 is 23.0 Å². The van der Waals surface area contributed by atoms with Crippen LogP contribution in [-0.4, -0.2) is 46.2 Å². The molecular formula is C22H24F2N6O3. The molecule has 0 saturated heterocycles. The number of hydrogen-bond donors (Lipinski definition) is 2. The van der Waals surface area contributed by atoms with Crippen molar-refractivity contribution in [3.8, 4) is 17.0 Å². The number of aryl methyl sites for hydroxylation is 1. The lowest BCUT2D eigenvalue weighted by molar-refractivity contribution is -0.114. The van der Waals surface area contributed by atoms with Crippen LogP contribution < -0.4 is 15.4 Å². The minimum Gasteiger partial charge on any atom is -0.490 e. The van der Waals surface area contributed by atoms with E-state index in [0.717, 1.165) is 6.92 Å². The first-order chi connectivity index (χ1) is 15.7. The zero-order valence-corrected chi connectivity index (χ0v) is 18.6. The number of nitrogens with zero attached hydrogens (tertiary/aromatic N) is 4. The van der Waals surface area contributed by atoms with Gasteiger partial charge in [-0.25, -0.2) is 15.0 Å². The number of methoxy groups -OCH3 is 1. The standard InChI is InChI=1S/C22H24F2N6O3/c1-13-9-20(30-21(27-13)22(3,23)24)29-18-10-19(28-14(2)31)26-12-16(18)17-6-5-15(11-25-17)33-8-7-32-4/h5-6,9-12H,7-8H2,1-4H3,(H2,26,27,28,29,30,31). The van der Waals surface area contributed by atoms with Gasteiger partial charge in [0.2, 0.25) is 11.7 Å². The van der Waals surface area contributed by atoms with Gasteiger partial charge in [-0.15, -0.1) is 0 Å². The van der Waals surface area contributed by atoms with Gasteiger partial charge in [-0.05, 0) is 19.1 Å². The van der Waals surface area contributed by atoms with Crippen LogP contribution in [0.5, 0.6) is 5.75 Å². The predicted octanol–water partition coefficient (Wildman–Crippen LogP) is 4.08. The Labute approximate surface area is 189 Å². The third-order valence-corrected chi connectivity index (χ3v) is 4.29. The minimum absolute atomic E-state index is 0.166. The van der Waals surface area contributed by atoms with Gasteiger partial charge < -0.3 is 20.1 Å². The van der Waals surface area contributed by atoms with E-state index in [2.05, 4.69) is 30.6 Å². The first-order valence-corrected chi connectivity index (χ1v) is 10.0. The summed E-state index contributed by atoms with van der Waals surface area (Å²) in [6.07, 6.45) is 3.08. The number of alkyl halides is 2. The zero-order chi connectivity index (χ0) is 24.0. The van der Waals surface area contributed by atoms with Crippen LogP contribution in [0.1, 0.15) is 25.4 Å². The van der Waals surface area contributed by atoms with Crippen molar-refractivity contribution in [3.05, 3.63) is 48.2 Å². The number of halogens is 2. The van der Waals surface area contributed by atoms with Crippen LogP contribution in [0.2, 0.25) is 0 Å². The van der Waals surface area contributed by atoms with Gasteiger partial charge in [0.05, 0.1) is 24.2 Å². The molecule has 1 amide bonds. The normalized spacial score (nSPS) is 11.2. The van der Waals surface area contributed by atoms with Crippen molar-refractivity contribution in [2.24, 2.45) is 0 Å². The fourth-order valence-electron chi connectivity index (χ4n) is 2.85. The molecule has 3 rings (SSSR count). The second kappa shape index (κ2) is 10.3. The third-order valence-electron chi connectivity index (χ3n) is 4.29. The highest BCUT2D eigenvalue weighted by Crippen LogP contribution is 2.32. The quantitative estimate of drug-likeness (QED) is 0.462. The average Bonchev–Trinajstić information content (AvgIpc) is 2.73. The molecule has 174 valence electrons. The summed E-state index contributed by atoms with van der Waals surface area (Å²) in [7, 11) is 1.58. The Balaban J connectivity index is 1.97. The molecule has 0 unspecified atom stereocenters. The summed E-state index contributed by atoms with van der Waals surface area (Å²) in [5.41, 5.74) is 1.94. The Hall–Kier alpha value is -3.73. The topological polar surface area (TPSA) is 111 Å². The Morgan fingerprint density at radius 1 is 1.09 bits per heavy atom. The van der Waals surface area contributed by atoms with E-state index in [0.29, 0.717) is 41.6 Å². The van der Waals surface area contributed by atoms with Gasteiger partial charge in [0.1, 0.15) is 24.0 Å². The summed E-state index contributed by atoms with van der Waals surface area (Å²) in [5.74, 6) is -3.10. The van der Waals surface area contributed by atoms with E-state index in [1.807, 2.05) is 0 Å². The van der Waals surface area contributed by atoms with E-state index in [-0.39, 0.29) is 17.5 Å². The van der Waals surface area contributed by atoms with Crippen molar-refractivity contribution in [1.29, 1.82) is 0 Å². The van der Waals surface area contributed by atoms with Crippen LogP contribution in [0.25, 0.3) is 11.3 Å². The molecule has 0 saturated carbocycles. The smallest absolute Gasteiger partial charge is 0.303 e. The number of rotatable bonds is 9. The fraction of sp³-hybridized carbons (Fsp3) is 0.318. The van der Waals surface area contributed by atoms with Gasteiger partial charge in [-0.3, -0.25) is 9.78 Å². The molecule has 33 heavy (non-hydrogen) atoms. The van der Waals surface area contributed by atoms with Crippen LogP contribution in [0.3, 0.4) is 0 Å². The van der Waals surface area contributed by atoms with Gasteiger partial charge in [-0.1, -0.05) is 0 Å². The molecule has 11 heteroatoms. The second-order valence-electron chi connectivity index (χ2n) is 7.25. The van der Waals surface area contributed by atoms with E-state index in [1.165, 1.54) is 19.2 Å². The molecule has 0 atom stereocenters. The molecule has 0 spiro atoms. The highest BCUT2D eigenvalue weighted by molar-refractivity contribution is 5.89. The summed E-state index contributed by atoms with van der Waals surface area (Å²) < 4.78 is 38.1. The molecule has 3 aromatic rings. The van der Waals surface area contributed by atoms with E-state index >= 15 is 0 Å². The number of carbonyl (C=O) groups excluding carboxylic acids is 1. The highest BCUT2D eigenvalue weighted by Gasteiger charge is 2.29. The number of aromatic nitrogens is 4. The van der Waals surface area contributed by atoms with E-state index in [9.17, 15) is 13.6 Å². The summed E-state index contributed by atoms with van der Waals surface area (Å²) >= 11 is 0. The zero-order valence-electron chi connectivity index (χ0n) is 18.6. The third kappa shape index (κ3) is 6.62. The minimum atomic E-state index is -3.20. The lowest BCUT2D eigenvalue weighted by atomic mass is 10.1. The van der Waals surface area contributed by atoms with Crippen molar-refractivity contribution in [2.75, 3.05) is 31.0 Å². The van der Waals surface area contributed by atoms with Crippen LogP contribution >= 0.6 is 0 Å². The maximum atomic E-state index is 13.8. The van der Waals surface area contributed by atoms with Gasteiger partial charge in [0.25, 0.3) is 0 Å².